The van der Waals surface area contributed by atoms with E-state index in [1.807, 2.05) is 6.07 Å². The third-order valence-corrected chi connectivity index (χ3v) is 3.03. The molecule has 0 radical (unpaired) electrons. The summed E-state index contributed by atoms with van der Waals surface area (Å²) in [6, 6.07) is 10.3. The van der Waals surface area contributed by atoms with Crippen molar-refractivity contribution in [2.45, 2.75) is 33.1 Å². The molecule has 2 rings (SSSR count). The molecule has 0 aliphatic carbocycles. The second kappa shape index (κ2) is 5.49. The van der Waals surface area contributed by atoms with Crippen LogP contribution in [0.25, 0.3) is 0 Å². The van der Waals surface area contributed by atoms with Gasteiger partial charge in [-0.05, 0) is 24.5 Å². The standard InChI is InChI=1S/C15H17ClN2/c1-10(2)13-9-14(16)18-15(17-13)8-12-6-4-11(3)5-7-12/h4-7,9-10H,8H2,1-3H3. The van der Waals surface area contributed by atoms with Gasteiger partial charge in [-0.2, -0.15) is 0 Å². The van der Waals surface area contributed by atoms with Gasteiger partial charge in [0.25, 0.3) is 0 Å². The van der Waals surface area contributed by atoms with Crippen molar-refractivity contribution in [1.82, 2.24) is 9.97 Å². The van der Waals surface area contributed by atoms with Crippen molar-refractivity contribution >= 4 is 11.6 Å². The third-order valence-electron chi connectivity index (χ3n) is 2.84. The van der Waals surface area contributed by atoms with E-state index >= 15 is 0 Å². The minimum atomic E-state index is 0.363. The number of aromatic nitrogens is 2. The maximum absolute atomic E-state index is 6.03. The largest absolute Gasteiger partial charge is 0.237 e. The highest BCUT2D eigenvalue weighted by Gasteiger charge is 2.07. The molecule has 1 aromatic heterocycles. The summed E-state index contributed by atoms with van der Waals surface area (Å²) in [4.78, 5) is 8.84. The van der Waals surface area contributed by atoms with Crippen LogP contribution in [-0.2, 0) is 6.42 Å². The van der Waals surface area contributed by atoms with Crippen LogP contribution in [0.5, 0.6) is 0 Å². The second-order valence-electron chi connectivity index (χ2n) is 4.85. The van der Waals surface area contributed by atoms with Gasteiger partial charge in [0.1, 0.15) is 11.0 Å². The van der Waals surface area contributed by atoms with E-state index < -0.39 is 0 Å². The van der Waals surface area contributed by atoms with Gasteiger partial charge in [-0.3, -0.25) is 0 Å². The van der Waals surface area contributed by atoms with Crippen molar-refractivity contribution in [2.75, 3.05) is 0 Å². The Balaban J connectivity index is 2.26. The van der Waals surface area contributed by atoms with Crippen molar-refractivity contribution in [2.24, 2.45) is 0 Å². The molecule has 1 aromatic carbocycles. The normalized spacial score (nSPS) is 10.9. The maximum atomic E-state index is 6.03. The fourth-order valence-corrected chi connectivity index (χ4v) is 1.96. The molecule has 0 saturated heterocycles. The Morgan fingerprint density at radius 1 is 1.11 bits per heavy atom. The van der Waals surface area contributed by atoms with Gasteiger partial charge in [-0.15, -0.1) is 0 Å². The van der Waals surface area contributed by atoms with Crippen LogP contribution in [0.1, 0.15) is 42.4 Å². The van der Waals surface area contributed by atoms with E-state index in [0.717, 1.165) is 17.9 Å². The first kappa shape index (κ1) is 13.0. The Hall–Kier alpha value is -1.41. The molecule has 94 valence electrons. The number of hydrogen-bond acceptors (Lipinski definition) is 2. The lowest BCUT2D eigenvalue weighted by Crippen LogP contribution is -2.02. The van der Waals surface area contributed by atoms with E-state index in [9.17, 15) is 0 Å². The number of nitrogens with zero attached hydrogens (tertiary/aromatic N) is 2. The fraction of sp³-hybridized carbons (Fsp3) is 0.333. The van der Waals surface area contributed by atoms with Gasteiger partial charge < -0.3 is 0 Å². The minimum Gasteiger partial charge on any atom is -0.237 e. The number of benzene rings is 1. The van der Waals surface area contributed by atoms with Gasteiger partial charge >= 0.3 is 0 Å². The number of rotatable bonds is 3. The van der Waals surface area contributed by atoms with E-state index in [2.05, 4.69) is 55.0 Å². The van der Waals surface area contributed by atoms with Gasteiger partial charge in [0.05, 0.1) is 0 Å². The van der Waals surface area contributed by atoms with Crippen molar-refractivity contribution in [1.29, 1.82) is 0 Å². The Labute approximate surface area is 113 Å². The summed E-state index contributed by atoms with van der Waals surface area (Å²) < 4.78 is 0. The van der Waals surface area contributed by atoms with Gasteiger partial charge in [0, 0.05) is 12.1 Å². The fourth-order valence-electron chi connectivity index (χ4n) is 1.75. The van der Waals surface area contributed by atoms with Crippen molar-refractivity contribution < 1.29 is 0 Å². The molecule has 3 heteroatoms. The number of aryl methyl sites for hydroxylation is 1. The molecular formula is C15H17ClN2. The molecule has 0 bridgehead atoms. The monoisotopic (exact) mass is 260 g/mol. The Morgan fingerprint density at radius 3 is 2.39 bits per heavy atom. The van der Waals surface area contributed by atoms with Crippen molar-refractivity contribution in [3.8, 4) is 0 Å². The minimum absolute atomic E-state index is 0.363. The molecule has 18 heavy (non-hydrogen) atoms. The summed E-state index contributed by atoms with van der Waals surface area (Å²) in [5, 5.41) is 0.524. The van der Waals surface area contributed by atoms with Gasteiger partial charge in [0.15, 0.2) is 0 Å². The molecule has 2 nitrogen and oxygen atoms in total. The zero-order chi connectivity index (χ0) is 13.1. The lowest BCUT2D eigenvalue weighted by atomic mass is 10.1. The van der Waals surface area contributed by atoms with Crippen LogP contribution in [0, 0.1) is 6.92 Å². The van der Waals surface area contributed by atoms with Crippen LogP contribution in [0.4, 0.5) is 0 Å². The molecule has 0 amide bonds. The van der Waals surface area contributed by atoms with E-state index in [0.29, 0.717) is 11.1 Å². The Morgan fingerprint density at radius 2 is 1.78 bits per heavy atom. The summed E-state index contributed by atoms with van der Waals surface area (Å²) in [5.41, 5.74) is 3.46. The quantitative estimate of drug-likeness (QED) is 0.775. The molecule has 0 N–H and O–H groups in total. The Bertz CT molecular complexity index is 533. The van der Waals surface area contributed by atoms with Gasteiger partial charge in [-0.1, -0.05) is 55.3 Å². The second-order valence-corrected chi connectivity index (χ2v) is 5.24. The van der Waals surface area contributed by atoms with E-state index in [4.69, 9.17) is 11.6 Å². The molecule has 1 heterocycles. The predicted molar refractivity (Wildman–Crippen MR) is 75.1 cm³/mol. The van der Waals surface area contributed by atoms with E-state index in [-0.39, 0.29) is 0 Å². The SMILES string of the molecule is Cc1ccc(Cc2nc(Cl)cc(C(C)C)n2)cc1. The molecule has 0 fully saturated rings. The van der Waals surface area contributed by atoms with Crippen LogP contribution in [-0.4, -0.2) is 9.97 Å². The first-order valence-corrected chi connectivity index (χ1v) is 6.51. The Kier molecular flexibility index (Phi) is 3.97. The highest BCUT2D eigenvalue weighted by atomic mass is 35.5. The van der Waals surface area contributed by atoms with Crippen LogP contribution in [0.3, 0.4) is 0 Å². The topological polar surface area (TPSA) is 25.8 Å². The molecule has 0 unspecified atom stereocenters. The predicted octanol–water partition coefficient (Wildman–Crippen LogP) is 4.15. The summed E-state index contributed by atoms with van der Waals surface area (Å²) in [5.74, 6) is 1.15. The van der Waals surface area contributed by atoms with Crippen molar-refractivity contribution in [3.05, 3.63) is 58.1 Å². The first-order valence-electron chi connectivity index (χ1n) is 6.13. The third kappa shape index (κ3) is 3.30. The number of hydrogen-bond donors (Lipinski definition) is 0. The summed E-state index contributed by atoms with van der Waals surface area (Å²) in [6.45, 7) is 6.29. The lowest BCUT2D eigenvalue weighted by Gasteiger charge is -2.08. The summed E-state index contributed by atoms with van der Waals surface area (Å²) in [7, 11) is 0. The molecule has 0 atom stereocenters. The van der Waals surface area contributed by atoms with Gasteiger partial charge in [-0.25, -0.2) is 9.97 Å². The zero-order valence-electron chi connectivity index (χ0n) is 10.9. The first-order chi connectivity index (χ1) is 8.54. The average Bonchev–Trinajstić information content (AvgIpc) is 2.31. The van der Waals surface area contributed by atoms with E-state index in [1.54, 1.807) is 0 Å². The van der Waals surface area contributed by atoms with Gasteiger partial charge in [0.2, 0.25) is 0 Å². The molecule has 0 saturated carbocycles. The smallest absolute Gasteiger partial charge is 0.134 e. The van der Waals surface area contributed by atoms with Crippen LogP contribution >= 0.6 is 11.6 Å². The highest BCUT2D eigenvalue weighted by Crippen LogP contribution is 2.17. The number of halogens is 1. The molecule has 0 aliphatic rings. The van der Waals surface area contributed by atoms with Crippen LogP contribution < -0.4 is 0 Å². The van der Waals surface area contributed by atoms with E-state index in [1.165, 1.54) is 11.1 Å². The molecule has 0 aliphatic heterocycles. The van der Waals surface area contributed by atoms with Crippen LogP contribution in [0.15, 0.2) is 30.3 Å². The highest BCUT2D eigenvalue weighted by molar-refractivity contribution is 6.29. The average molecular weight is 261 g/mol. The lowest BCUT2D eigenvalue weighted by molar-refractivity contribution is 0.791. The van der Waals surface area contributed by atoms with Crippen LogP contribution in [0.2, 0.25) is 5.15 Å². The zero-order valence-corrected chi connectivity index (χ0v) is 11.7. The molecule has 0 spiro atoms. The maximum Gasteiger partial charge on any atom is 0.134 e. The van der Waals surface area contributed by atoms with Crippen molar-refractivity contribution in [3.63, 3.8) is 0 Å². The summed E-state index contributed by atoms with van der Waals surface area (Å²) in [6.07, 6.45) is 0.723. The molecular weight excluding hydrogens is 244 g/mol. The molecule has 2 aromatic rings. The summed E-state index contributed by atoms with van der Waals surface area (Å²) >= 11 is 6.03.